The van der Waals surface area contributed by atoms with Crippen molar-refractivity contribution >= 4 is 11.8 Å². The summed E-state index contributed by atoms with van der Waals surface area (Å²) in [6, 6.07) is 7.66. The summed E-state index contributed by atoms with van der Waals surface area (Å²) in [5.41, 5.74) is 0.902. The van der Waals surface area contributed by atoms with E-state index < -0.39 is 0 Å². The predicted octanol–water partition coefficient (Wildman–Crippen LogP) is 1.91. The lowest BCUT2D eigenvalue weighted by Crippen LogP contribution is -2.01. The second-order valence-corrected chi connectivity index (χ2v) is 5.07. The van der Waals surface area contributed by atoms with E-state index in [1.165, 1.54) is 0 Å². The Morgan fingerprint density at radius 1 is 1.16 bits per heavy atom. The molecule has 1 aromatic rings. The van der Waals surface area contributed by atoms with Crippen LogP contribution in [0.1, 0.15) is 18.4 Å². The van der Waals surface area contributed by atoms with Crippen LogP contribution in [0.15, 0.2) is 24.3 Å². The summed E-state index contributed by atoms with van der Waals surface area (Å²) >= 11 is 1.78. The summed E-state index contributed by atoms with van der Waals surface area (Å²) in [6.07, 6.45) is 1.33. The van der Waals surface area contributed by atoms with Crippen LogP contribution in [0.4, 0.5) is 0 Å². The Hall–Kier alpha value is -1.15. The molecule has 2 N–H and O–H groups in total. The number of hydrogen-bond acceptors (Lipinski definition) is 4. The molecular weight excluding hydrogens is 260 g/mol. The minimum Gasteiger partial charge on any atom is -0.493 e. The van der Waals surface area contributed by atoms with Crippen molar-refractivity contribution in [2.45, 2.75) is 12.8 Å². The normalized spacial score (nSPS) is 9.79. The van der Waals surface area contributed by atoms with Crippen LogP contribution in [0, 0.1) is 11.8 Å². The first kappa shape index (κ1) is 15.9. The Bertz CT molecular complexity index is 409. The molecule has 1 rings (SSSR count). The predicted molar refractivity (Wildman–Crippen MR) is 79.5 cm³/mol. The summed E-state index contributed by atoms with van der Waals surface area (Å²) in [4.78, 5) is 0. The van der Waals surface area contributed by atoms with E-state index in [1.54, 1.807) is 11.8 Å². The molecule has 19 heavy (non-hydrogen) atoms. The summed E-state index contributed by atoms with van der Waals surface area (Å²) in [5.74, 6) is 8.57. The van der Waals surface area contributed by atoms with Gasteiger partial charge in [-0.2, -0.15) is 11.8 Å². The number of rotatable bonds is 8. The topological polar surface area (TPSA) is 49.7 Å². The van der Waals surface area contributed by atoms with E-state index in [2.05, 4.69) is 11.8 Å². The lowest BCUT2D eigenvalue weighted by Gasteiger charge is -2.06. The highest BCUT2D eigenvalue weighted by atomic mass is 32.2. The highest BCUT2D eigenvalue weighted by molar-refractivity contribution is 7.99. The smallest absolute Gasteiger partial charge is 0.120 e. The third-order valence-corrected chi connectivity index (χ3v) is 3.28. The zero-order chi connectivity index (χ0) is 13.8. The Kier molecular flexibility index (Phi) is 8.99. The number of aliphatic hydroxyl groups is 2. The maximum atomic E-state index is 8.66. The van der Waals surface area contributed by atoms with Gasteiger partial charge in [0, 0.05) is 24.3 Å². The van der Waals surface area contributed by atoms with Crippen LogP contribution in [0.3, 0.4) is 0 Å². The fourth-order valence-electron chi connectivity index (χ4n) is 1.37. The number of aliphatic hydroxyl groups excluding tert-OH is 2. The van der Waals surface area contributed by atoms with Gasteiger partial charge < -0.3 is 14.9 Å². The molecule has 0 spiro atoms. The second-order valence-electron chi connectivity index (χ2n) is 3.84. The van der Waals surface area contributed by atoms with E-state index in [9.17, 15) is 0 Å². The first-order valence-corrected chi connectivity index (χ1v) is 7.53. The standard InChI is InChI=1S/C15H20O3S/c16-8-2-1-5-14-6-3-7-15(13-14)18-10-12-19-11-4-9-17/h3,6-7,13,16-17H,2,4,8-12H2. The monoisotopic (exact) mass is 280 g/mol. The third-order valence-electron chi connectivity index (χ3n) is 2.25. The van der Waals surface area contributed by atoms with Gasteiger partial charge in [0.1, 0.15) is 5.75 Å². The van der Waals surface area contributed by atoms with Crippen molar-refractivity contribution in [3.8, 4) is 17.6 Å². The van der Waals surface area contributed by atoms with Gasteiger partial charge in [-0.1, -0.05) is 17.9 Å². The van der Waals surface area contributed by atoms with Crippen molar-refractivity contribution in [1.82, 2.24) is 0 Å². The molecule has 0 aromatic heterocycles. The molecule has 0 saturated heterocycles. The van der Waals surface area contributed by atoms with Gasteiger partial charge >= 0.3 is 0 Å². The van der Waals surface area contributed by atoms with Crippen LogP contribution in [-0.2, 0) is 0 Å². The van der Waals surface area contributed by atoms with Gasteiger partial charge in [-0.25, -0.2) is 0 Å². The summed E-state index contributed by atoms with van der Waals surface area (Å²) in [6.45, 7) is 1.00. The van der Waals surface area contributed by atoms with Crippen LogP contribution >= 0.6 is 11.8 Å². The minimum atomic E-state index is 0.0915. The summed E-state index contributed by atoms with van der Waals surface area (Å²) < 4.78 is 5.63. The third kappa shape index (κ3) is 7.78. The lowest BCUT2D eigenvalue weighted by atomic mass is 10.2. The fourth-order valence-corrected chi connectivity index (χ4v) is 2.11. The van der Waals surface area contributed by atoms with E-state index >= 15 is 0 Å². The Morgan fingerprint density at radius 2 is 2.05 bits per heavy atom. The molecule has 0 saturated carbocycles. The van der Waals surface area contributed by atoms with E-state index in [0.29, 0.717) is 13.0 Å². The minimum absolute atomic E-state index is 0.0915. The average Bonchev–Trinajstić information content (AvgIpc) is 2.43. The van der Waals surface area contributed by atoms with Gasteiger partial charge in [-0.15, -0.1) is 0 Å². The fraction of sp³-hybridized carbons (Fsp3) is 0.467. The first-order valence-electron chi connectivity index (χ1n) is 6.38. The Balaban J connectivity index is 2.30. The van der Waals surface area contributed by atoms with Gasteiger partial charge in [-0.05, 0) is 30.4 Å². The second kappa shape index (κ2) is 10.7. The molecule has 0 aliphatic heterocycles. The van der Waals surface area contributed by atoms with E-state index in [0.717, 1.165) is 29.2 Å². The Labute approximate surface area is 119 Å². The first-order chi connectivity index (χ1) is 9.36. The van der Waals surface area contributed by atoms with Crippen molar-refractivity contribution in [2.24, 2.45) is 0 Å². The van der Waals surface area contributed by atoms with Gasteiger partial charge in [0.25, 0.3) is 0 Å². The molecule has 0 unspecified atom stereocenters. The quantitative estimate of drug-likeness (QED) is 0.564. The molecule has 0 radical (unpaired) electrons. The van der Waals surface area contributed by atoms with Crippen LogP contribution in [-0.4, -0.2) is 41.5 Å². The van der Waals surface area contributed by atoms with Gasteiger partial charge in [0.05, 0.1) is 13.2 Å². The van der Waals surface area contributed by atoms with Crippen LogP contribution < -0.4 is 4.74 Å². The maximum Gasteiger partial charge on any atom is 0.120 e. The highest BCUT2D eigenvalue weighted by Gasteiger charge is 1.95. The zero-order valence-corrected chi connectivity index (χ0v) is 11.8. The van der Waals surface area contributed by atoms with E-state index in [4.69, 9.17) is 14.9 Å². The molecule has 3 nitrogen and oxygen atoms in total. The largest absolute Gasteiger partial charge is 0.493 e. The highest BCUT2D eigenvalue weighted by Crippen LogP contribution is 2.13. The molecule has 104 valence electrons. The van der Waals surface area contributed by atoms with Crippen LogP contribution in [0.2, 0.25) is 0 Å². The molecule has 0 fully saturated rings. The molecule has 1 aromatic carbocycles. The summed E-state index contributed by atoms with van der Waals surface area (Å²) in [7, 11) is 0. The van der Waals surface area contributed by atoms with Gasteiger partial charge in [0.15, 0.2) is 0 Å². The SMILES string of the molecule is OCCC#Cc1cccc(OCCSCCCO)c1. The van der Waals surface area contributed by atoms with Crippen LogP contribution in [0.25, 0.3) is 0 Å². The lowest BCUT2D eigenvalue weighted by molar-refractivity contribution is 0.296. The molecule has 0 bridgehead atoms. The number of hydrogen-bond donors (Lipinski definition) is 2. The van der Waals surface area contributed by atoms with E-state index in [1.807, 2.05) is 24.3 Å². The van der Waals surface area contributed by atoms with E-state index in [-0.39, 0.29) is 13.2 Å². The average molecular weight is 280 g/mol. The number of benzene rings is 1. The van der Waals surface area contributed by atoms with Gasteiger partial charge in [-0.3, -0.25) is 0 Å². The number of ether oxygens (including phenoxy) is 1. The Morgan fingerprint density at radius 3 is 2.84 bits per heavy atom. The molecule has 0 aliphatic rings. The molecule has 0 aliphatic carbocycles. The molecule has 0 atom stereocenters. The van der Waals surface area contributed by atoms with Crippen molar-refractivity contribution in [3.05, 3.63) is 29.8 Å². The molecule has 4 heteroatoms. The van der Waals surface area contributed by atoms with Crippen molar-refractivity contribution < 1.29 is 14.9 Å². The van der Waals surface area contributed by atoms with Crippen LogP contribution in [0.5, 0.6) is 5.75 Å². The number of thioether (sulfide) groups is 1. The molecular formula is C15H20O3S. The van der Waals surface area contributed by atoms with Crippen molar-refractivity contribution in [2.75, 3.05) is 31.3 Å². The maximum absolute atomic E-state index is 8.66. The summed E-state index contributed by atoms with van der Waals surface area (Å²) in [5, 5.41) is 17.3. The molecule has 0 heterocycles. The van der Waals surface area contributed by atoms with Gasteiger partial charge in [0.2, 0.25) is 0 Å². The zero-order valence-electron chi connectivity index (χ0n) is 11.0. The van der Waals surface area contributed by atoms with Crippen molar-refractivity contribution in [3.63, 3.8) is 0 Å². The van der Waals surface area contributed by atoms with Crippen molar-refractivity contribution in [1.29, 1.82) is 0 Å². The molecule has 0 amide bonds.